The Kier molecular flexibility index (Phi) is 5.52. The maximum absolute atomic E-state index is 12.3. The molecule has 116 valence electrons. The maximum Gasteiger partial charge on any atom is 0.251 e. The van der Waals surface area contributed by atoms with Crippen LogP contribution in [-0.2, 0) is 4.74 Å². The van der Waals surface area contributed by atoms with E-state index in [0.29, 0.717) is 17.9 Å². The molecule has 1 aromatic rings. The van der Waals surface area contributed by atoms with E-state index in [9.17, 15) is 4.79 Å². The summed E-state index contributed by atoms with van der Waals surface area (Å²) in [5.41, 5.74) is 3.91. The summed E-state index contributed by atoms with van der Waals surface area (Å²) in [7, 11) is 0. The predicted octanol–water partition coefficient (Wildman–Crippen LogP) is 1.79. The number of hydrazine groups is 1. The molecule has 0 bridgehead atoms. The quantitative estimate of drug-likeness (QED) is 0.568. The van der Waals surface area contributed by atoms with Crippen LogP contribution in [0.3, 0.4) is 0 Å². The Morgan fingerprint density at radius 2 is 2.29 bits per heavy atom. The molecule has 1 fully saturated rings. The van der Waals surface area contributed by atoms with Crippen molar-refractivity contribution in [3.8, 4) is 0 Å². The van der Waals surface area contributed by atoms with Crippen LogP contribution in [0.15, 0.2) is 12.1 Å². The Morgan fingerprint density at radius 1 is 1.48 bits per heavy atom. The van der Waals surface area contributed by atoms with Gasteiger partial charge in [0, 0.05) is 24.4 Å². The number of hydrogen-bond donors (Lipinski definition) is 3. The van der Waals surface area contributed by atoms with Crippen molar-refractivity contribution in [2.75, 3.05) is 18.6 Å². The second kappa shape index (κ2) is 7.38. The van der Waals surface area contributed by atoms with Gasteiger partial charge in [-0.3, -0.25) is 4.79 Å². The number of nitrogens with two attached hydrogens (primary N) is 1. The number of nitrogens with one attached hydrogen (secondary N) is 2. The molecule has 1 unspecified atom stereocenters. The van der Waals surface area contributed by atoms with E-state index in [1.807, 2.05) is 19.9 Å². The monoisotopic (exact) mass is 292 g/mol. The minimum absolute atomic E-state index is 0.120. The highest BCUT2D eigenvalue weighted by Gasteiger charge is 2.16. The molecule has 1 saturated heterocycles. The molecule has 6 heteroatoms. The summed E-state index contributed by atoms with van der Waals surface area (Å²) in [4.78, 5) is 16.6. The van der Waals surface area contributed by atoms with E-state index in [-0.39, 0.29) is 17.9 Å². The van der Waals surface area contributed by atoms with Gasteiger partial charge in [0.1, 0.15) is 5.82 Å². The minimum atomic E-state index is -0.120. The molecule has 21 heavy (non-hydrogen) atoms. The van der Waals surface area contributed by atoms with Crippen LogP contribution in [0.5, 0.6) is 0 Å². The summed E-state index contributed by atoms with van der Waals surface area (Å²) in [5, 5.41) is 2.93. The standard InChI is InChI=1S/C15H24N4O2/c1-10(2)13-7-11(8-14(18-13)19-16)15(20)17-9-12-5-3-4-6-21-12/h7-8,10,12H,3-6,9,16H2,1-2H3,(H,17,20)(H,18,19). The van der Waals surface area contributed by atoms with E-state index in [0.717, 1.165) is 31.6 Å². The molecule has 0 aliphatic carbocycles. The fourth-order valence-corrected chi connectivity index (χ4v) is 2.33. The van der Waals surface area contributed by atoms with Crippen LogP contribution < -0.4 is 16.6 Å². The number of nitrogen functional groups attached to an aromatic ring is 1. The lowest BCUT2D eigenvalue weighted by atomic mass is 10.1. The van der Waals surface area contributed by atoms with Crippen molar-refractivity contribution in [1.82, 2.24) is 10.3 Å². The number of hydrogen-bond acceptors (Lipinski definition) is 5. The molecule has 4 N–H and O–H groups in total. The molecule has 0 saturated carbocycles. The number of nitrogens with zero attached hydrogens (tertiary/aromatic N) is 1. The lowest BCUT2D eigenvalue weighted by molar-refractivity contribution is 0.0169. The molecule has 0 spiro atoms. The van der Waals surface area contributed by atoms with Crippen molar-refractivity contribution in [3.05, 3.63) is 23.4 Å². The zero-order valence-corrected chi connectivity index (χ0v) is 12.7. The van der Waals surface area contributed by atoms with Gasteiger partial charge in [0.2, 0.25) is 0 Å². The molecule has 0 radical (unpaired) electrons. The van der Waals surface area contributed by atoms with E-state index in [2.05, 4.69) is 15.7 Å². The third-order valence-electron chi connectivity index (χ3n) is 3.61. The van der Waals surface area contributed by atoms with Gasteiger partial charge in [0.05, 0.1) is 6.10 Å². The number of anilines is 1. The van der Waals surface area contributed by atoms with E-state index in [4.69, 9.17) is 10.6 Å². The number of amides is 1. The number of carbonyl (C=O) groups excluding carboxylic acids is 1. The highest BCUT2D eigenvalue weighted by atomic mass is 16.5. The summed E-state index contributed by atoms with van der Waals surface area (Å²) in [5.74, 6) is 6.02. The molecule has 1 aliphatic rings. The van der Waals surface area contributed by atoms with Gasteiger partial charge in [-0.15, -0.1) is 0 Å². The summed E-state index contributed by atoms with van der Waals surface area (Å²) >= 11 is 0. The Morgan fingerprint density at radius 3 is 2.90 bits per heavy atom. The first-order valence-corrected chi connectivity index (χ1v) is 7.48. The molecule has 1 aromatic heterocycles. The Balaban J connectivity index is 2.02. The Hall–Kier alpha value is -1.66. The van der Waals surface area contributed by atoms with E-state index in [1.54, 1.807) is 6.07 Å². The van der Waals surface area contributed by atoms with Gasteiger partial charge in [-0.1, -0.05) is 13.8 Å². The molecule has 0 aromatic carbocycles. The van der Waals surface area contributed by atoms with Gasteiger partial charge in [-0.2, -0.15) is 0 Å². The molecule has 1 aliphatic heterocycles. The zero-order valence-electron chi connectivity index (χ0n) is 12.7. The van der Waals surface area contributed by atoms with Crippen molar-refractivity contribution in [2.45, 2.75) is 45.1 Å². The number of carbonyl (C=O) groups is 1. The largest absolute Gasteiger partial charge is 0.376 e. The molecule has 1 atom stereocenters. The molecule has 1 amide bonds. The smallest absolute Gasteiger partial charge is 0.251 e. The minimum Gasteiger partial charge on any atom is -0.376 e. The number of ether oxygens (including phenoxy) is 1. The van der Waals surface area contributed by atoms with Crippen LogP contribution in [0.1, 0.15) is 55.1 Å². The first-order valence-electron chi connectivity index (χ1n) is 7.48. The average Bonchev–Trinajstić information content (AvgIpc) is 2.53. The van der Waals surface area contributed by atoms with Crippen LogP contribution in [0.2, 0.25) is 0 Å². The van der Waals surface area contributed by atoms with Crippen LogP contribution in [-0.4, -0.2) is 30.1 Å². The first kappa shape index (κ1) is 15.7. The fourth-order valence-electron chi connectivity index (χ4n) is 2.33. The Bertz CT molecular complexity index is 485. The summed E-state index contributed by atoms with van der Waals surface area (Å²) in [6, 6.07) is 3.46. The molecule has 2 rings (SSSR count). The van der Waals surface area contributed by atoms with Crippen molar-refractivity contribution in [2.24, 2.45) is 5.84 Å². The highest BCUT2D eigenvalue weighted by Crippen LogP contribution is 2.17. The normalized spacial score (nSPS) is 18.6. The number of aromatic nitrogens is 1. The predicted molar refractivity (Wildman–Crippen MR) is 82.1 cm³/mol. The third-order valence-corrected chi connectivity index (χ3v) is 3.61. The van der Waals surface area contributed by atoms with Gasteiger partial charge in [-0.05, 0) is 37.3 Å². The highest BCUT2D eigenvalue weighted by molar-refractivity contribution is 5.95. The van der Waals surface area contributed by atoms with Crippen molar-refractivity contribution < 1.29 is 9.53 Å². The van der Waals surface area contributed by atoms with Gasteiger partial charge in [-0.25, -0.2) is 10.8 Å². The van der Waals surface area contributed by atoms with Crippen LogP contribution >= 0.6 is 0 Å². The second-order valence-corrected chi connectivity index (χ2v) is 5.66. The zero-order chi connectivity index (χ0) is 15.2. The first-order chi connectivity index (χ1) is 10.1. The number of pyridine rings is 1. The van der Waals surface area contributed by atoms with E-state index >= 15 is 0 Å². The van der Waals surface area contributed by atoms with Gasteiger partial charge in [0.25, 0.3) is 5.91 Å². The van der Waals surface area contributed by atoms with Crippen molar-refractivity contribution in [1.29, 1.82) is 0 Å². The summed E-state index contributed by atoms with van der Waals surface area (Å²) < 4.78 is 5.61. The summed E-state index contributed by atoms with van der Waals surface area (Å²) in [6.45, 7) is 5.39. The van der Waals surface area contributed by atoms with Crippen molar-refractivity contribution in [3.63, 3.8) is 0 Å². The third kappa shape index (κ3) is 4.41. The maximum atomic E-state index is 12.3. The molecule has 2 heterocycles. The lowest BCUT2D eigenvalue weighted by Gasteiger charge is -2.22. The molecule has 6 nitrogen and oxygen atoms in total. The van der Waals surface area contributed by atoms with Crippen molar-refractivity contribution >= 4 is 11.7 Å². The lowest BCUT2D eigenvalue weighted by Crippen LogP contribution is -2.35. The van der Waals surface area contributed by atoms with Gasteiger partial charge in [0.15, 0.2) is 0 Å². The second-order valence-electron chi connectivity index (χ2n) is 5.66. The van der Waals surface area contributed by atoms with Crippen LogP contribution in [0, 0.1) is 0 Å². The topological polar surface area (TPSA) is 89.3 Å². The average molecular weight is 292 g/mol. The fraction of sp³-hybridized carbons (Fsp3) is 0.600. The molecular formula is C15H24N4O2. The SMILES string of the molecule is CC(C)c1cc(C(=O)NCC2CCCCO2)cc(NN)n1. The van der Waals surface area contributed by atoms with Crippen LogP contribution in [0.4, 0.5) is 5.82 Å². The van der Waals surface area contributed by atoms with Crippen LogP contribution in [0.25, 0.3) is 0 Å². The molecular weight excluding hydrogens is 268 g/mol. The number of rotatable bonds is 5. The van der Waals surface area contributed by atoms with E-state index < -0.39 is 0 Å². The summed E-state index contributed by atoms with van der Waals surface area (Å²) in [6.07, 6.45) is 3.40. The van der Waals surface area contributed by atoms with Gasteiger partial charge >= 0.3 is 0 Å². The van der Waals surface area contributed by atoms with E-state index in [1.165, 1.54) is 0 Å². The Labute approximate surface area is 125 Å². The van der Waals surface area contributed by atoms with Gasteiger partial charge < -0.3 is 15.5 Å².